The van der Waals surface area contributed by atoms with Crippen LogP contribution in [0.3, 0.4) is 0 Å². The number of likely N-dealkylation sites (N-methyl/N-ethyl adjacent to an activating group) is 1. The van der Waals surface area contributed by atoms with E-state index >= 15 is 0 Å². The lowest BCUT2D eigenvalue weighted by atomic mass is 9.68. The SMILES string of the molecule is CC1CCC(CN)(N(C)CC(C)(C)C)C(C)C1. The summed E-state index contributed by atoms with van der Waals surface area (Å²) in [5.74, 6) is 1.58. The first kappa shape index (κ1) is 15.0. The van der Waals surface area contributed by atoms with E-state index in [1.165, 1.54) is 19.3 Å². The molecule has 0 spiro atoms. The number of hydrogen-bond donors (Lipinski definition) is 1. The van der Waals surface area contributed by atoms with Crippen LogP contribution in [0.15, 0.2) is 0 Å². The summed E-state index contributed by atoms with van der Waals surface area (Å²) in [6.07, 6.45) is 3.92. The van der Waals surface area contributed by atoms with Crippen LogP contribution < -0.4 is 5.73 Å². The van der Waals surface area contributed by atoms with Gasteiger partial charge in [-0.25, -0.2) is 0 Å². The molecule has 2 N–H and O–H groups in total. The van der Waals surface area contributed by atoms with Crippen molar-refractivity contribution in [2.24, 2.45) is 23.0 Å². The molecule has 0 aromatic carbocycles. The highest BCUT2D eigenvalue weighted by Gasteiger charge is 2.42. The highest BCUT2D eigenvalue weighted by Crippen LogP contribution is 2.40. The van der Waals surface area contributed by atoms with Crippen molar-refractivity contribution in [3.8, 4) is 0 Å². The number of hydrogen-bond acceptors (Lipinski definition) is 2. The van der Waals surface area contributed by atoms with Gasteiger partial charge in [0.05, 0.1) is 0 Å². The molecule has 3 unspecified atom stereocenters. The highest BCUT2D eigenvalue weighted by atomic mass is 15.2. The summed E-state index contributed by atoms with van der Waals surface area (Å²) in [4.78, 5) is 2.55. The van der Waals surface area contributed by atoms with Crippen LogP contribution in [0.5, 0.6) is 0 Å². The Kier molecular flexibility index (Phi) is 4.65. The standard InChI is InChI=1S/C15H32N2/c1-12-7-8-15(10-16,13(2)9-12)17(6)11-14(3,4)5/h12-13H,7-11,16H2,1-6H3. The van der Waals surface area contributed by atoms with Gasteiger partial charge in [0.15, 0.2) is 0 Å². The number of rotatable bonds is 3. The summed E-state index contributed by atoms with van der Waals surface area (Å²) < 4.78 is 0. The predicted octanol–water partition coefficient (Wildman–Crippen LogP) is 3.12. The van der Waals surface area contributed by atoms with Crippen LogP contribution in [0, 0.1) is 17.3 Å². The van der Waals surface area contributed by atoms with E-state index in [4.69, 9.17) is 5.73 Å². The van der Waals surface area contributed by atoms with Gasteiger partial charge in [0, 0.05) is 18.6 Å². The summed E-state index contributed by atoms with van der Waals surface area (Å²) in [6.45, 7) is 13.6. The van der Waals surface area contributed by atoms with Gasteiger partial charge in [-0.1, -0.05) is 34.6 Å². The van der Waals surface area contributed by atoms with Crippen LogP contribution in [-0.4, -0.2) is 30.6 Å². The molecule has 0 aromatic heterocycles. The van der Waals surface area contributed by atoms with Crippen molar-refractivity contribution in [1.82, 2.24) is 4.90 Å². The molecule has 2 nitrogen and oxygen atoms in total. The zero-order valence-electron chi connectivity index (χ0n) is 12.7. The van der Waals surface area contributed by atoms with Gasteiger partial charge in [-0.2, -0.15) is 0 Å². The van der Waals surface area contributed by atoms with Crippen molar-refractivity contribution in [2.75, 3.05) is 20.1 Å². The Balaban J connectivity index is 2.80. The minimum absolute atomic E-state index is 0.236. The number of nitrogens with two attached hydrogens (primary N) is 1. The van der Waals surface area contributed by atoms with Crippen LogP contribution in [-0.2, 0) is 0 Å². The van der Waals surface area contributed by atoms with Crippen LogP contribution in [0.4, 0.5) is 0 Å². The van der Waals surface area contributed by atoms with E-state index < -0.39 is 0 Å². The van der Waals surface area contributed by atoms with E-state index in [-0.39, 0.29) is 5.54 Å². The maximum Gasteiger partial charge on any atom is 0.0354 e. The van der Waals surface area contributed by atoms with Crippen LogP contribution in [0.25, 0.3) is 0 Å². The Morgan fingerprint density at radius 3 is 2.29 bits per heavy atom. The largest absolute Gasteiger partial charge is 0.329 e. The van der Waals surface area contributed by atoms with Crippen molar-refractivity contribution in [3.63, 3.8) is 0 Å². The third kappa shape index (κ3) is 3.45. The fraction of sp³-hybridized carbons (Fsp3) is 1.00. The fourth-order valence-electron chi connectivity index (χ4n) is 3.58. The van der Waals surface area contributed by atoms with E-state index in [2.05, 4.69) is 46.6 Å². The van der Waals surface area contributed by atoms with Crippen molar-refractivity contribution >= 4 is 0 Å². The lowest BCUT2D eigenvalue weighted by Crippen LogP contribution is -2.60. The van der Waals surface area contributed by atoms with Gasteiger partial charge in [-0.3, -0.25) is 4.90 Å². The maximum absolute atomic E-state index is 6.15. The molecule has 0 aliphatic heterocycles. The molecule has 102 valence electrons. The lowest BCUT2D eigenvalue weighted by Gasteiger charge is -2.51. The smallest absolute Gasteiger partial charge is 0.0354 e. The maximum atomic E-state index is 6.15. The normalized spacial score (nSPS) is 35.3. The lowest BCUT2D eigenvalue weighted by molar-refractivity contribution is -0.000266. The van der Waals surface area contributed by atoms with E-state index in [0.717, 1.165) is 19.0 Å². The molecule has 1 rings (SSSR count). The Labute approximate surface area is 108 Å². The highest BCUT2D eigenvalue weighted by molar-refractivity contribution is 4.99. The molecular weight excluding hydrogens is 208 g/mol. The van der Waals surface area contributed by atoms with Crippen LogP contribution in [0.1, 0.15) is 53.9 Å². The quantitative estimate of drug-likeness (QED) is 0.821. The monoisotopic (exact) mass is 240 g/mol. The van der Waals surface area contributed by atoms with Crippen molar-refractivity contribution < 1.29 is 0 Å². The first-order chi connectivity index (χ1) is 7.71. The van der Waals surface area contributed by atoms with Gasteiger partial charge in [-0.15, -0.1) is 0 Å². The molecule has 1 fully saturated rings. The summed E-state index contributed by atoms with van der Waals surface area (Å²) in [5, 5.41) is 0. The second-order valence-corrected chi connectivity index (χ2v) is 7.51. The summed E-state index contributed by atoms with van der Waals surface area (Å²) >= 11 is 0. The Morgan fingerprint density at radius 1 is 1.29 bits per heavy atom. The first-order valence-corrected chi connectivity index (χ1v) is 7.12. The minimum atomic E-state index is 0.236. The van der Waals surface area contributed by atoms with Gasteiger partial charge in [0.25, 0.3) is 0 Å². The van der Waals surface area contributed by atoms with Crippen molar-refractivity contribution in [3.05, 3.63) is 0 Å². The molecular formula is C15H32N2. The molecule has 2 heteroatoms. The fourth-order valence-corrected chi connectivity index (χ4v) is 3.58. The summed E-state index contributed by atoms with van der Waals surface area (Å²) in [5.41, 5.74) is 6.74. The molecule has 0 amide bonds. The molecule has 0 saturated heterocycles. The van der Waals surface area contributed by atoms with Gasteiger partial charge >= 0.3 is 0 Å². The van der Waals surface area contributed by atoms with Crippen LogP contribution in [0.2, 0.25) is 0 Å². The van der Waals surface area contributed by atoms with Gasteiger partial charge in [-0.05, 0) is 43.6 Å². The molecule has 17 heavy (non-hydrogen) atoms. The Hall–Kier alpha value is -0.0800. The van der Waals surface area contributed by atoms with Crippen molar-refractivity contribution in [2.45, 2.75) is 59.4 Å². The average Bonchev–Trinajstić information content (AvgIpc) is 2.15. The minimum Gasteiger partial charge on any atom is -0.329 e. The summed E-state index contributed by atoms with van der Waals surface area (Å²) in [6, 6.07) is 0. The van der Waals surface area contributed by atoms with Crippen molar-refractivity contribution in [1.29, 1.82) is 0 Å². The molecule has 3 atom stereocenters. The van der Waals surface area contributed by atoms with Gasteiger partial charge < -0.3 is 5.73 Å². The average molecular weight is 240 g/mol. The zero-order valence-corrected chi connectivity index (χ0v) is 12.7. The third-order valence-electron chi connectivity index (χ3n) is 4.57. The van der Waals surface area contributed by atoms with E-state index in [0.29, 0.717) is 11.3 Å². The molecule has 0 bridgehead atoms. The molecule has 0 heterocycles. The topological polar surface area (TPSA) is 29.3 Å². The zero-order chi connectivity index (χ0) is 13.3. The van der Waals surface area contributed by atoms with E-state index in [1.807, 2.05) is 0 Å². The first-order valence-electron chi connectivity index (χ1n) is 7.12. The predicted molar refractivity (Wildman–Crippen MR) is 76.0 cm³/mol. The summed E-state index contributed by atoms with van der Waals surface area (Å²) in [7, 11) is 2.27. The Bertz CT molecular complexity index is 244. The number of nitrogens with zero attached hydrogens (tertiary/aromatic N) is 1. The van der Waals surface area contributed by atoms with Gasteiger partial charge in [0.1, 0.15) is 0 Å². The Morgan fingerprint density at radius 2 is 1.88 bits per heavy atom. The van der Waals surface area contributed by atoms with Gasteiger partial charge in [0.2, 0.25) is 0 Å². The molecule has 1 aliphatic rings. The van der Waals surface area contributed by atoms with E-state index in [1.54, 1.807) is 0 Å². The van der Waals surface area contributed by atoms with Crippen LogP contribution >= 0.6 is 0 Å². The second kappa shape index (κ2) is 5.27. The van der Waals surface area contributed by atoms with E-state index in [9.17, 15) is 0 Å². The molecule has 0 aromatic rings. The molecule has 1 saturated carbocycles. The third-order valence-corrected chi connectivity index (χ3v) is 4.57. The second-order valence-electron chi connectivity index (χ2n) is 7.51. The molecule has 0 radical (unpaired) electrons. The molecule has 1 aliphatic carbocycles.